The second kappa shape index (κ2) is 6.27. The van der Waals surface area contributed by atoms with Crippen LogP contribution in [-0.2, 0) is 6.54 Å². The van der Waals surface area contributed by atoms with Crippen LogP contribution in [0.2, 0.25) is 0 Å². The number of rotatable bonds is 4. The highest BCUT2D eigenvalue weighted by Gasteiger charge is 2.17. The van der Waals surface area contributed by atoms with Gasteiger partial charge < -0.3 is 4.52 Å². The van der Waals surface area contributed by atoms with Crippen molar-refractivity contribution in [3.8, 4) is 23.0 Å². The van der Waals surface area contributed by atoms with E-state index in [9.17, 15) is 4.39 Å². The zero-order valence-corrected chi connectivity index (χ0v) is 13.4. The van der Waals surface area contributed by atoms with Crippen LogP contribution in [0.3, 0.4) is 0 Å². The SMILES string of the molecule is Cc1c(-c2noc(-c3ccc(F)cc3)n2)nnn1Cc1ccccc1. The lowest BCUT2D eigenvalue weighted by Crippen LogP contribution is -2.03. The number of benzene rings is 2. The van der Waals surface area contributed by atoms with E-state index in [0.29, 0.717) is 29.5 Å². The van der Waals surface area contributed by atoms with E-state index in [1.165, 1.54) is 12.1 Å². The normalized spacial score (nSPS) is 11.0. The first kappa shape index (κ1) is 15.2. The van der Waals surface area contributed by atoms with E-state index < -0.39 is 0 Å². The fraction of sp³-hybridized carbons (Fsp3) is 0.111. The van der Waals surface area contributed by atoms with Crippen LogP contribution in [-0.4, -0.2) is 25.1 Å². The van der Waals surface area contributed by atoms with Gasteiger partial charge in [-0.05, 0) is 36.8 Å². The maximum absolute atomic E-state index is 13.0. The van der Waals surface area contributed by atoms with Crippen molar-refractivity contribution in [1.29, 1.82) is 0 Å². The molecule has 0 aliphatic rings. The lowest BCUT2D eigenvalue weighted by molar-refractivity contribution is 0.432. The first-order valence-corrected chi connectivity index (χ1v) is 7.75. The first-order valence-electron chi connectivity index (χ1n) is 7.75. The largest absolute Gasteiger partial charge is 0.334 e. The Morgan fingerprint density at radius 1 is 1.04 bits per heavy atom. The molecule has 0 aliphatic carbocycles. The van der Waals surface area contributed by atoms with Crippen molar-refractivity contribution in [3.05, 3.63) is 71.7 Å². The summed E-state index contributed by atoms with van der Waals surface area (Å²) in [6.07, 6.45) is 0. The maximum Gasteiger partial charge on any atom is 0.258 e. The minimum absolute atomic E-state index is 0.312. The molecule has 0 radical (unpaired) electrons. The lowest BCUT2D eigenvalue weighted by atomic mass is 10.2. The molecule has 2 heterocycles. The summed E-state index contributed by atoms with van der Waals surface area (Å²) in [4.78, 5) is 4.35. The van der Waals surface area contributed by atoms with Crippen LogP contribution in [0.25, 0.3) is 23.0 Å². The Kier molecular flexibility index (Phi) is 3.81. The van der Waals surface area contributed by atoms with E-state index in [-0.39, 0.29) is 5.82 Å². The molecule has 0 N–H and O–H groups in total. The summed E-state index contributed by atoms with van der Waals surface area (Å²) in [5.41, 5.74) is 3.18. The van der Waals surface area contributed by atoms with Gasteiger partial charge in [0.2, 0.25) is 5.82 Å². The molecule has 0 unspecified atom stereocenters. The van der Waals surface area contributed by atoms with E-state index in [2.05, 4.69) is 20.5 Å². The second-order valence-electron chi connectivity index (χ2n) is 5.60. The van der Waals surface area contributed by atoms with Gasteiger partial charge in [0.05, 0.1) is 12.2 Å². The van der Waals surface area contributed by atoms with Gasteiger partial charge in [0.1, 0.15) is 5.82 Å². The molecule has 2 aromatic heterocycles. The molecule has 2 aromatic carbocycles. The van der Waals surface area contributed by atoms with Crippen LogP contribution in [0, 0.1) is 12.7 Å². The predicted octanol–water partition coefficient (Wildman–Crippen LogP) is 3.49. The number of hydrogen-bond acceptors (Lipinski definition) is 5. The van der Waals surface area contributed by atoms with Crippen molar-refractivity contribution >= 4 is 0 Å². The number of halogens is 1. The summed E-state index contributed by atoms with van der Waals surface area (Å²) < 4.78 is 20.1. The molecular formula is C18H14FN5O. The van der Waals surface area contributed by atoms with Crippen LogP contribution in [0.15, 0.2) is 59.1 Å². The summed E-state index contributed by atoms with van der Waals surface area (Å²) in [6.45, 7) is 2.52. The predicted molar refractivity (Wildman–Crippen MR) is 89.0 cm³/mol. The molecule has 25 heavy (non-hydrogen) atoms. The van der Waals surface area contributed by atoms with Gasteiger partial charge in [-0.2, -0.15) is 4.98 Å². The van der Waals surface area contributed by atoms with Gasteiger partial charge in [-0.1, -0.05) is 40.7 Å². The molecular weight excluding hydrogens is 321 g/mol. The van der Waals surface area contributed by atoms with Gasteiger partial charge in [-0.25, -0.2) is 9.07 Å². The summed E-state index contributed by atoms with van der Waals surface area (Å²) >= 11 is 0. The minimum Gasteiger partial charge on any atom is -0.334 e. The van der Waals surface area contributed by atoms with Crippen molar-refractivity contribution in [2.45, 2.75) is 13.5 Å². The van der Waals surface area contributed by atoms with Crippen LogP contribution in [0.4, 0.5) is 4.39 Å². The fourth-order valence-corrected chi connectivity index (χ4v) is 2.50. The van der Waals surface area contributed by atoms with Crippen LogP contribution < -0.4 is 0 Å². The molecule has 4 aromatic rings. The van der Waals surface area contributed by atoms with Gasteiger partial charge in [0.15, 0.2) is 5.69 Å². The minimum atomic E-state index is -0.316. The molecule has 0 amide bonds. The molecule has 0 spiro atoms. The zero-order valence-electron chi connectivity index (χ0n) is 13.4. The third-order valence-corrected chi connectivity index (χ3v) is 3.89. The monoisotopic (exact) mass is 335 g/mol. The third kappa shape index (κ3) is 3.03. The Bertz CT molecular complexity index is 992. The standard InChI is InChI=1S/C18H14FN5O/c1-12-16(21-23-24(12)11-13-5-3-2-4-6-13)17-20-18(25-22-17)14-7-9-15(19)10-8-14/h2-10H,11H2,1H3. The fourth-order valence-electron chi connectivity index (χ4n) is 2.50. The highest BCUT2D eigenvalue weighted by molar-refractivity contribution is 5.58. The molecule has 7 heteroatoms. The molecule has 0 aliphatic heterocycles. The highest BCUT2D eigenvalue weighted by atomic mass is 19.1. The lowest BCUT2D eigenvalue weighted by Gasteiger charge is -2.02. The molecule has 0 bridgehead atoms. The van der Waals surface area contributed by atoms with Crippen molar-refractivity contribution < 1.29 is 8.91 Å². The van der Waals surface area contributed by atoms with Gasteiger partial charge in [0, 0.05) is 5.56 Å². The zero-order chi connectivity index (χ0) is 17.2. The topological polar surface area (TPSA) is 69.6 Å². The van der Waals surface area contributed by atoms with E-state index in [1.54, 1.807) is 16.8 Å². The average molecular weight is 335 g/mol. The number of nitrogens with zero attached hydrogens (tertiary/aromatic N) is 5. The Hall–Kier alpha value is -3.35. The van der Waals surface area contributed by atoms with Crippen molar-refractivity contribution in [2.75, 3.05) is 0 Å². The summed E-state index contributed by atoms with van der Waals surface area (Å²) in [5, 5.41) is 12.3. The van der Waals surface area contributed by atoms with Crippen LogP contribution >= 0.6 is 0 Å². The van der Waals surface area contributed by atoms with Gasteiger partial charge in [-0.3, -0.25) is 0 Å². The van der Waals surface area contributed by atoms with Gasteiger partial charge >= 0.3 is 0 Å². The van der Waals surface area contributed by atoms with Crippen LogP contribution in [0.5, 0.6) is 0 Å². The van der Waals surface area contributed by atoms with E-state index in [1.807, 2.05) is 37.3 Å². The molecule has 0 saturated carbocycles. The third-order valence-electron chi connectivity index (χ3n) is 3.89. The Morgan fingerprint density at radius 3 is 2.56 bits per heavy atom. The van der Waals surface area contributed by atoms with Crippen molar-refractivity contribution in [3.63, 3.8) is 0 Å². The first-order chi connectivity index (χ1) is 12.2. The van der Waals surface area contributed by atoms with Crippen molar-refractivity contribution in [2.24, 2.45) is 0 Å². The molecule has 0 atom stereocenters. The number of aromatic nitrogens is 5. The molecule has 0 saturated heterocycles. The quantitative estimate of drug-likeness (QED) is 0.571. The maximum atomic E-state index is 13.0. The molecule has 124 valence electrons. The molecule has 6 nitrogen and oxygen atoms in total. The number of hydrogen-bond donors (Lipinski definition) is 0. The summed E-state index contributed by atoms with van der Waals surface area (Å²) in [7, 11) is 0. The van der Waals surface area contributed by atoms with E-state index in [4.69, 9.17) is 4.52 Å². The Labute approximate surface area is 142 Å². The molecule has 0 fully saturated rings. The summed E-state index contributed by atoms with van der Waals surface area (Å²) in [5.74, 6) is 0.353. The average Bonchev–Trinajstić information content (AvgIpc) is 3.24. The molecule has 4 rings (SSSR count). The summed E-state index contributed by atoms with van der Waals surface area (Å²) in [6, 6.07) is 15.9. The Morgan fingerprint density at radius 2 is 1.80 bits per heavy atom. The van der Waals surface area contributed by atoms with Gasteiger partial charge in [-0.15, -0.1) is 5.10 Å². The smallest absolute Gasteiger partial charge is 0.258 e. The Balaban J connectivity index is 1.62. The highest BCUT2D eigenvalue weighted by Crippen LogP contribution is 2.23. The van der Waals surface area contributed by atoms with E-state index >= 15 is 0 Å². The second-order valence-corrected chi connectivity index (χ2v) is 5.60. The van der Waals surface area contributed by atoms with E-state index in [0.717, 1.165) is 11.3 Å². The van der Waals surface area contributed by atoms with Gasteiger partial charge in [0.25, 0.3) is 5.89 Å². The van der Waals surface area contributed by atoms with Crippen molar-refractivity contribution in [1.82, 2.24) is 25.1 Å². The van der Waals surface area contributed by atoms with Crippen LogP contribution in [0.1, 0.15) is 11.3 Å².